The fraction of sp³-hybridized carbons (Fsp3) is 0.167. The first-order chi connectivity index (χ1) is 12.5. The van der Waals surface area contributed by atoms with Gasteiger partial charge < -0.3 is 15.8 Å². The molecule has 0 spiro atoms. The van der Waals surface area contributed by atoms with E-state index in [1.165, 1.54) is 4.68 Å². The van der Waals surface area contributed by atoms with Gasteiger partial charge in [0.05, 0.1) is 13.3 Å². The molecular weight excluding hydrogens is 354 g/mol. The van der Waals surface area contributed by atoms with E-state index in [1.807, 2.05) is 18.2 Å². The van der Waals surface area contributed by atoms with Gasteiger partial charge in [0.1, 0.15) is 18.0 Å². The number of methoxy groups -OCH3 is 1. The van der Waals surface area contributed by atoms with Crippen LogP contribution in [-0.4, -0.2) is 28.0 Å². The third kappa shape index (κ3) is 4.31. The summed E-state index contributed by atoms with van der Waals surface area (Å²) in [5.74, 6) is 0.444. The minimum atomic E-state index is -0.184. The molecule has 1 amide bonds. The number of nitrogen functional groups attached to an aromatic ring is 1. The van der Waals surface area contributed by atoms with E-state index in [-0.39, 0.29) is 12.5 Å². The molecule has 0 atom stereocenters. The van der Waals surface area contributed by atoms with Gasteiger partial charge >= 0.3 is 0 Å². The van der Waals surface area contributed by atoms with E-state index < -0.39 is 0 Å². The second-order valence-corrected chi connectivity index (χ2v) is 6.09. The Bertz CT molecular complexity index is 908. The number of hydrogen-bond acceptors (Lipinski definition) is 5. The third-order valence-electron chi connectivity index (χ3n) is 3.78. The zero-order chi connectivity index (χ0) is 18.5. The van der Waals surface area contributed by atoms with Crippen LogP contribution in [0.3, 0.4) is 0 Å². The molecule has 7 nitrogen and oxygen atoms in total. The van der Waals surface area contributed by atoms with Crippen LogP contribution in [0.5, 0.6) is 5.75 Å². The second-order valence-electron chi connectivity index (χ2n) is 5.66. The van der Waals surface area contributed by atoms with Crippen LogP contribution in [0.1, 0.15) is 5.56 Å². The number of carbonyl (C=O) groups is 1. The number of halogens is 1. The van der Waals surface area contributed by atoms with Gasteiger partial charge in [-0.2, -0.15) is 0 Å². The van der Waals surface area contributed by atoms with Crippen molar-refractivity contribution in [2.45, 2.75) is 13.1 Å². The lowest BCUT2D eigenvalue weighted by atomic mass is 10.1. The molecule has 0 aliphatic heterocycles. The van der Waals surface area contributed by atoms with Crippen LogP contribution < -0.4 is 15.8 Å². The zero-order valence-electron chi connectivity index (χ0n) is 14.1. The fourth-order valence-corrected chi connectivity index (χ4v) is 2.59. The molecule has 0 saturated heterocycles. The van der Waals surface area contributed by atoms with Crippen LogP contribution in [0.25, 0.3) is 11.3 Å². The van der Waals surface area contributed by atoms with Crippen molar-refractivity contribution < 1.29 is 9.53 Å². The summed E-state index contributed by atoms with van der Waals surface area (Å²) < 4.78 is 6.75. The number of nitrogens with two attached hydrogens (primary N) is 1. The minimum absolute atomic E-state index is 0.0673. The molecule has 3 rings (SSSR count). The predicted molar refractivity (Wildman–Crippen MR) is 99.7 cm³/mol. The number of hydrogen-bond donors (Lipinski definition) is 2. The van der Waals surface area contributed by atoms with Gasteiger partial charge in [0.15, 0.2) is 0 Å². The van der Waals surface area contributed by atoms with E-state index in [2.05, 4.69) is 15.6 Å². The van der Waals surface area contributed by atoms with Gasteiger partial charge in [-0.3, -0.25) is 4.79 Å². The Hall–Kier alpha value is -3.06. The van der Waals surface area contributed by atoms with Crippen LogP contribution in [0.4, 0.5) is 5.69 Å². The average Bonchev–Trinajstić information content (AvgIpc) is 3.09. The lowest BCUT2D eigenvalue weighted by Gasteiger charge is -2.10. The van der Waals surface area contributed by atoms with Crippen LogP contribution in [0.15, 0.2) is 48.7 Å². The summed E-state index contributed by atoms with van der Waals surface area (Å²) in [6.45, 7) is 0.399. The van der Waals surface area contributed by atoms with Crippen molar-refractivity contribution in [2.24, 2.45) is 0 Å². The first kappa shape index (κ1) is 17.8. The zero-order valence-corrected chi connectivity index (χ0v) is 14.9. The highest BCUT2D eigenvalue weighted by Crippen LogP contribution is 2.23. The molecule has 1 aromatic heterocycles. The molecule has 2 aromatic carbocycles. The molecule has 3 N–H and O–H groups in total. The summed E-state index contributed by atoms with van der Waals surface area (Å²) in [6.07, 6.45) is 1.72. The van der Waals surface area contributed by atoms with E-state index in [0.717, 1.165) is 11.1 Å². The molecule has 3 aromatic rings. The first-order valence-electron chi connectivity index (χ1n) is 7.90. The topological polar surface area (TPSA) is 95.1 Å². The maximum absolute atomic E-state index is 12.2. The molecule has 0 bridgehead atoms. The van der Waals surface area contributed by atoms with Crippen molar-refractivity contribution in [2.75, 3.05) is 12.8 Å². The van der Waals surface area contributed by atoms with E-state index in [0.29, 0.717) is 28.7 Å². The number of anilines is 1. The molecule has 0 saturated carbocycles. The number of carbonyl (C=O) groups excluding carboxylic acids is 1. The third-order valence-corrected chi connectivity index (χ3v) is 4.01. The Labute approximate surface area is 155 Å². The minimum Gasteiger partial charge on any atom is -0.496 e. The molecule has 134 valence electrons. The van der Waals surface area contributed by atoms with Gasteiger partial charge in [-0.15, -0.1) is 5.10 Å². The Balaban J connectivity index is 1.60. The van der Waals surface area contributed by atoms with E-state index in [9.17, 15) is 4.79 Å². The summed E-state index contributed by atoms with van der Waals surface area (Å²) in [7, 11) is 1.56. The average molecular weight is 372 g/mol. The predicted octanol–water partition coefficient (Wildman–Crippen LogP) is 2.51. The number of ether oxygens (including phenoxy) is 1. The number of aromatic nitrogens is 3. The van der Waals surface area contributed by atoms with Crippen LogP contribution in [-0.2, 0) is 17.9 Å². The van der Waals surface area contributed by atoms with Crippen molar-refractivity contribution in [1.82, 2.24) is 20.3 Å². The van der Waals surface area contributed by atoms with Gasteiger partial charge in [0, 0.05) is 28.4 Å². The number of rotatable bonds is 6. The lowest BCUT2D eigenvalue weighted by molar-refractivity contribution is -0.122. The van der Waals surface area contributed by atoms with Crippen molar-refractivity contribution in [3.8, 4) is 17.0 Å². The largest absolute Gasteiger partial charge is 0.496 e. The quantitative estimate of drug-likeness (QED) is 0.649. The second kappa shape index (κ2) is 7.88. The smallest absolute Gasteiger partial charge is 0.242 e. The first-order valence-corrected chi connectivity index (χ1v) is 8.28. The number of amides is 1. The van der Waals surface area contributed by atoms with E-state index in [4.69, 9.17) is 22.1 Å². The van der Waals surface area contributed by atoms with E-state index >= 15 is 0 Å². The summed E-state index contributed by atoms with van der Waals surface area (Å²) >= 11 is 5.93. The SMILES string of the molecule is COc1cc(Cl)ccc1CNC(=O)Cn1cc(-c2ccc(N)cc2)nn1. The number of nitrogens with zero attached hydrogens (tertiary/aromatic N) is 3. The van der Waals surface area contributed by atoms with Crippen LogP contribution >= 0.6 is 11.6 Å². The van der Waals surface area contributed by atoms with Crippen molar-refractivity contribution in [1.29, 1.82) is 0 Å². The van der Waals surface area contributed by atoms with Gasteiger partial charge in [-0.05, 0) is 24.3 Å². The molecule has 8 heteroatoms. The summed E-state index contributed by atoms with van der Waals surface area (Å²) in [5, 5.41) is 11.5. The number of benzene rings is 2. The Morgan fingerprint density at radius 2 is 2.04 bits per heavy atom. The van der Waals surface area contributed by atoms with Crippen LogP contribution in [0, 0.1) is 0 Å². The maximum Gasteiger partial charge on any atom is 0.242 e. The van der Waals surface area contributed by atoms with Crippen molar-refractivity contribution >= 4 is 23.2 Å². The molecule has 0 radical (unpaired) electrons. The number of nitrogens with one attached hydrogen (secondary N) is 1. The maximum atomic E-state index is 12.2. The molecule has 1 heterocycles. The molecule has 26 heavy (non-hydrogen) atoms. The standard InChI is InChI=1S/C18H18ClN5O2/c1-26-17-8-14(19)5-2-13(17)9-21-18(25)11-24-10-16(22-23-24)12-3-6-15(20)7-4-12/h2-8,10H,9,11,20H2,1H3,(H,21,25). The highest BCUT2D eigenvalue weighted by atomic mass is 35.5. The molecule has 0 unspecified atom stereocenters. The monoisotopic (exact) mass is 371 g/mol. The molecule has 0 fully saturated rings. The Morgan fingerprint density at radius 3 is 2.77 bits per heavy atom. The fourth-order valence-electron chi connectivity index (χ4n) is 2.42. The lowest BCUT2D eigenvalue weighted by Crippen LogP contribution is -2.27. The Morgan fingerprint density at radius 1 is 1.27 bits per heavy atom. The highest BCUT2D eigenvalue weighted by molar-refractivity contribution is 6.30. The normalized spacial score (nSPS) is 10.5. The van der Waals surface area contributed by atoms with Gasteiger partial charge in [0.25, 0.3) is 0 Å². The molecular formula is C18H18ClN5O2. The van der Waals surface area contributed by atoms with Crippen molar-refractivity contribution in [3.63, 3.8) is 0 Å². The van der Waals surface area contributed by atoms with Crippen molar-refractivity contribution in [3.05, 3.63) is 59.2 Å². The van der Waals surface area contributed by atoms with E-state index in [1.54, 1.807) is 37.6 Å². The summed E-state index contributed by atoms with van der Waals surface area (Å²) in [5.41, 5.74) is 8.76. The molecule has 0 aliphatic rings. The van der Waals surface area contributed by atoms with Gasteiger partial charge in [-0.25, -0.2) is 4.68 Å². The van der Waals surface area contributed by atoms with Crippen LogP contribution in [0.2, 0.25) is 5.02 Å². The summed E-state index contributed by atoms with van der Waals surface area (Å²) in [6, 6.07) is 12.6. The van der Waals surface area contributed by atoms with Gasteiger partial charge in [0.2, 0.25) is 5.91 Å². The highest BCUT2D eigenvalue weighted by Gasteiger charge is 2.09. The molecule has 0 aliphatic carbocycles. The van der Waals surface area contributed by atoms with Gasteiger partial charge in [-0.1, -0.05) is 35.0 Å². The summed E-state index contributed by atoms with van der Waals surface area (Å²) in [4.78, 5) is 12.2. The Kier molecular flexibility index (Phi) is 5.38.